The molecule has 0 bridgehead atoms. The summed E-state index contributed by atoms with van der Waals surface area (Å²) in [6, 6.07) is 13.2. The van der Waals surface area contributed by atoms with Gasteiger partial charge in [-0.1, -0.05) is 107 Å². The van der Waals surface area contributed by atoms with Crippen LogP contribution in [0.2, 0.25) is 0 Å². The summed E-state index contributed by atoms with van der Waals surface area (Å²) in [5, 5.41) is 12.8. The van der Waals surface area contributed by atoms with E-state index in [-0.39, 0.29) is 47.3 Å². The Bertz CT molecular complexity index is 1500. The van der Waals surface area contributed by atoms with E-state index in [2.05, 4.69) is 80.6 Å². The highest BCUT2D eigenvalue weighted by Crippen LogP contribution is 2.54. The van der Waals surface area contributed by atoms with Gasteiger partial charge in [0, 0.05) is 0 Å². The molecule has 0 radical (unpaired) electrons. The van der Waals surface area contributed by atoms with Crippen molar-refractivity contribution in [3.8, 4) is 0 Å². The molecule has 0 amide bonds. The third-order valence-corrected chi connectivity index (χ3v) is 10.4. The maximum absolute atomic E-state index is 13.7. The summed E-state index contributed by atoms with van der Waals surface area (Å²) in [5.41, 5.74) is 1.17. The van der Waals surface area contributed by atoms with Crippen molar-refractivity contribution in [1.82, 2.24) is 5.32 Å². The van der Waals surface area contributed by atoms with Gasteiger partial charge in [0.1, 0.15) is 17.9 Å². The molecule has 0 aliphatic carbocycles. The van der Waals surface area contributed by atoms with E-state index < -0.39 is 17.3 Å². The van der Waals surface area contributed by atoms with Crippen molar-refractivity contribution in [3.05, 3.63) is 58.3 Å². The van der Waals surface area contributed by atoms with E-state index in [1.807, 2.05) is 44.2 Å². The molecule has 2 N–H and O–H groups in total. The minimum Gasteiger partial charge on any atom is -0.480 e. The molecule has 0 saturated heterocycles. The van der Waals surface area contributed by atoms with E-state index in [1.165, 1.54) is 0 Å². The molecule has 2 atom stereocenters. The lowest BCUT2D eigenvalue weighted by Crippen LogP contribution is -2.47. The fourth-order valence-electron chi connectivity index (χ4n) is 5.90. The summed E-state index contributed by atoms with van der Waals surface area (Å²) < 4.78 is 12.1. The minimum absolute atomic E-state index is 0.0315. The van der Waals surface area contributed by atoms with E-state index in [0.717, 1.165) is 12.0 Å². The van der Waals surface area contributed by atoms with Crippen LogP contribution in [0, 0.1) is 34.0 Å². The summed E-state index contributed by atoms with van der Waals surface area (Å²) in [4.78, 5) is 38.1. The number of rotatable bonds is 14. The van der Waals surface area contributed by atoms with Gasteiger partial charge in [0.2, 0.25) is 5.43 Å². The fraction of sp³-hybridized carbons (Fsp3) is 0.605. The van der Waals surface area contributed by atoms with Crippen LogP contribution < -0.4 is 10.7 Å². The SMILES string of the molecule is CC.CC(C)C(CC(C)(C)C(C)(C)C(CC(C)(C)C(C)C)C(=O)OCNCC(=O)O)c1cccc2c(=O)c3ccccc3oc12. The molecule has 2 aromatic carbocycles. The fourth-order valence-corrected chi connectivity index (χ4v) is 5.90. The van der Waals surface area contributed by atoms with Crippen molar-refractivity contribution in [1.29, 1.82) is 0 Å². The molecule has 1 heterocycles. The van der Waals surface area contributed by atoms with Crippen LogP contribution in [-0.2, 0) is 14.3 Å². The van der Waals surface area contributed by atoms with Gasteiger partial charge in [-0.2, -0.15) is 0 Å². The molecule has 7 nitrogen and oxygen atoms in total. The highest BCUT2D eigenvalue weighted by Gasteiger charge is 2.50. The Labute approximate surface area is 270 Å². The highest BCUT2D eigenvalue weighted by molar-refractivity contribution is 5.91. The van der Waals surface area contributed by atoms with Gasteiger partial charge in [0.25, 0.3) is 0 Å². The molecule has 0 aliphatic rings. The number of nitrogens with one attached hydrogen (secondary N) is 1. The molecule has 7 heteroatoms. The quantitative estimate of drug-likeness (QED) is 0.0799. The molecule has 0 saturated carbocycles. The molecule has 3 rings (SSSR count). The second-order valence-corrected chi connectivity index (χ2v) is 14.6. The summed E-state index contributed by atoms with van der Waals surface area (Å²) in [6.45, 7) is 25.4. The minimum atomic E-state index is -1.01. The van der Waals surface area contributed by atoms with Gasteiger partial charge in [-0.15, -0.1) is 0 Å². The first kappa shape index (κ1) is 38.0. The smallest absolute Gasteiger partial charge is 0.317 e. The van der Waals surface area contributed by atoms with E-state index in [4.69, 9.17) is 14.3 Å². The third-order valence-electron chi connectivity index (χ3n) is 10.4. The summed E-state index contributed by atoms with van der Waals surface area (Å²) >= 11 is 0. The van der Waals surface area contributed by atoms with Crippen LogP contribution >= 0.6 is 0 Å². The first-order valence-corrected chi connectivity index (χ1v) is 16.4. The zero-order chi connectivity index (χ0) is 34.3. The topological polar surface area (TPSA) is 106 Å². The summed E-state index contributed by atoms with van der Waals surface area (Å²) in [7, 11) is 0. The number of fused-ring (bicyclic) bond motifs is 2. The number of carboxylic acid groups (broad SMARTS) is 1. The van der Waals surface area contributed by atoms with Crippen LogP contribution in [0.25, 0.3) is 21.9 Å². The van der Waals surface area contributed by atoms with Gasteiger partial charge >= 0.3 is 11.9 Å². The van der Waals surface area contributed by atoms with Gasteiger partial charge in [0.15, 0.2) is 0 Å². The molecule has 3 aromatic rings. The largest absolute Gasteiger partial charge is 0.480 e. The lowest BCUT2D eigenvalue weighted by Gasteiger charge is -2.50. The number of esters is 1. The van der Waals surface area contributed by atoms with Crippen LogP contribution in [0.1, 0.15) is 107 Å². The molecule has 2 unspecified atom stereocenters. The van der Waals surface area contributed by atoms with Crippen LogP contribution in [-0.4, -0.2) is 30.3 Å². The van der Waals surface area contributed by atoms with Crippen LogP contribution in [0.5, 0.6) is 0 Å². The lowest BCUT2D eigenvalue weighted by molar-refractivity contribution is -0.161. The Balaban J connectivity index is 0.00000345. The number of hydrogen-bond acceptors (Lipinski definition) is 6. The number of carbonyl (C=O) groups is 2. The number of carboxylic acids is 1. The summed E-state index contributed by atoms with van der Waals surface area (Å²) in [6.07, 6.45) is 1.37. The van der Waals surface area contributed by atoms with Gasteiger partial charge in [0.05, 0.1) is 23.2 Å². The Morgan fingerprint density at radius 3 is 2.07 bits per heavy atom. The molecule has 0 fully saturated rings. The first-order valence-electron chi connectivity index (χ1n) is 16.4. The van der Waals surface area contributed by atoms with Crippen LogP contribution in [0.4, 0.5) is 0 Å². The van der Waals surface area contributed by atoms with Gasteiger partial charge < -0.3 is 14.3 Å². The van der Waals surface area contributed by atoms with E-state index in [0.29, 0.717) is 34.3 Å². The van der Waals surface area contributed by atoms with Gasteiger partial charge in [-0.05, 0) is 70.6 Å². The van der Waals surface area contributed by atoms with E-state index in [1.54, 1.807) is 6.07 Å². The Morgan fingerprint density at radius 1 is 0.889 bits per heavy atom. The Kier molecular flexibility index (Phi) is 13.0. The van der Waals surface area contributed by atoms with E-state index >= 15 is 0 Å². The number of benzene rings is 2. The molecule has 0 aliphatic heterocycles. The molecular weight excluding hydrogens is 566 g/mol. The van der Waals surface area contributed by atoms with Crippen molar-refractivity contribution in [2.45, 2.75) is 102 Å². The van der Waals surface area contributed by atoms with E-state index in [9.17, 15) is 14.4 Å². The number of hydrogen-bond donors (Lipinski definition) is 2. The van der Waals surface area contributed by atoms with Crippen molar-refractivity contribution in [2.75, 3.05) is 13.3 Å². The predicted molar refractivity (Wildman–Crippen MR) is 184 cm³/mol. The lowest BCUT2D eigenvalue weighted by atomic mass is 9.54. The van der Waals surface area contributed by atoms with Gasteiger partial charge in [-0.3, -0.25) is 19.7 Å². The number of carbonyl (C=O) groups excluding carboxylic acids is 1. The normalized spacial score (nSPS) is 13.9. The number of ether oxygens (including phenoxy) is 1. The van der Waals surface area contributed by atoms with Crippen LogP contribution in [0.15, 0.2) is 51.7 Å². The predicted octanol–water partition coefficient (Wildman–Crippen LogP) is 9.02. The monoisotopic (exact) mass is 623 g/mol. The third kappa shape index (κ3) is 8.75. The standard InChI is InChI=1S/C36H51NO6.C2H6/c1-22(2)27(24-15-13-16-26-31(40)25-14-11-12-17-29(25)43-32(24)26)18-35(7,8)36(9,10)28(19-34(5,6)23(3)4)33(41)42-21-37-20-30(38)39;1-2/h11-17,22-23,27-28,37H,18-21H2,1-10H3,(H,38,39);1-2H3. The first-order chi connectivity index (χ1) is 20.9. The molecule has 1 aromatic heterocycles. The van der Waals surface area contributed by atoms with Crippen molar-refractivity contribution in [2.24, 2.45) is 34.0 Å². The second-order valence-electron chi connectivity index (χ2n) is 14.6. The number of para-hydroxylation sites is 2. The maximum atomic E-state index is 13.7. The Morgan fingerprint density at radius 2 is 1.49 bits per heavy atom. The molecular formula is C38H57NO6. The van der Waals surface area contributed by atoms with Crippen molar-refractivity contribution < 1.29 is 23.8 Å². The maximum Gasteiger partial charge on any atom is 0.317 e. The van der Waals surface area contributed by atoms with Crippen molar-refractivity contribution in [3.63, 3.8) is 0 Å². The zero-order valence-electron chi connectivity index (χ0n) is 29.7. The second kappa shape index (κ2) is 15.4. The highest BCUT2D eigenvalue weighted by atomic mass is 16.5. The summed E-state index contributed by atoms with van der Waals surface area (Å²) in [5.74, 6) is -1.15. The average molecular weight is 624 g/mol. The number of aliphatic carboxylic acids is 1. The van der Waals surface area contributed by atoms with Crippen LogP contribution in [0.3, 0.4) is 0 Å². The zero-order valence-corrected chi connectivity index (χ0v) is 29.7. The van der Waals surface area contributed by atoms with Gasteiger partial charge in [-0.25, -0.2) is 0 Å². The molecule has 0 spiro atoms. The Hall–Kier alpha value is -3.19. The molecule has 250 valence electrons. The average Bonchev–Trinajstić information content (AvgIpc) is 2.97. The molecule has 45 heavy (non-hydrogen) atoms. The van der Waals surface area contributed by atoms with Crippen molar-refractivity contribution >= 4 is 33.9 Å².